The number of benzene rings is 1. The standard InChI is InChI=1S/C18H19FN6O/c1-11-12(8-21-25(11)14-4-2-13(19)3-5-14)9-24-7-6-16-15(10-24)17(26)23-18(20)22-16/h2-5,8H,6-7,9-10H2,1H3,(H3,20,22,23,26). The van der Waals surface area contributed by atoms with Gasteiger partial charge >= 0.3 is 0 Å². The molecular weight excluding hydrogens is 335 g/mol. The van der Waals surface area contributed by atoms with Gasteiger partial charge in [0.15, 0.2) is 0 Å². The first-order chi connectivity index (χ1) is 12.5. The number of fused-ring (bicyclic) bond motifs is 1. The number of rotatable bonds is 3. The number of nitrogens with one attached hydrogen (secondary N) is 1. The largest absolute Gasteiger partial charge is 0.369 e. The van der Waals surface area contributed by atoms with E-state index in [0.29, 0.717) is 25.1 Å². The molecule has 3 N–H and O–H groups in total. The molecule has 0 saturated carbocycles. The second kappa shape index (κ2) is 6.38. The molecule has 0 fully saturated rings. The number of anilines is 1. The summed E-state index contributed by atoms with van der Waals surface area (Å²) in [4.78, 5) is 21.1. The van der Waals surface area contributed by atoms with Gasteiger partial charge in [-0.1, -0.05) is 0 Å². The van der Waals surface area contributed by atoms with Gasteiger partial charge in [-0.2, -0.15) is 5.10 Å². The number of aromatic amines is 1. The molecule has 0 spiro atoms. The van der Waals surface area contributed by atoms with Crippen LogP contribution in [-0.2, 0) is 19.5 Å². The van der Waals surface area contributed by atoms with Gasteiger partial charge in [0.1, 0.15) is 5.82 Å². The Morgan fingerprint density at radius 1 is 1.31 bits per heavy atom. The van der Waals surface area contributed by atoms with Crippen molar-refractivity contribution in [2.24, 2.45) is 0 Å². The number of H-pyrrole nitrogens is 1. The highest BCUT2D eigenvalue weighted by Gasteiger charge is 2.22. The Kier molecular flexibility index (Phi) is 4.04. The molecule has 1 aromatic carbocycles. The number of nitrogen functional groups attached to an aromatic ring is 1. The second-order valence-electron chi connectivity index (χ2n) is 6.48. The third kappa shape index (κ3) is 2.99. The van der Waals surface area contributed by atoms with Crippen LogP contribution in [0.4, 0.5) is 10.3 Å². The van der Waals surface area contributed by atoms with Crippen LogP contribution in [0.2, 0.25) is 0 Å². The molecule has 26 heavy (non-hydrogen) atoms. The molecular formula is C18H19FN6O. The van der Waals surface area contributed by atoms with Crippen LogP contribution in [0.5, 0.6) is 0 Å². The van der Waals surface area contributed by atoms with Gasteiger partial charge in [0, 0.05) is 37.3 Å². The Balaban J connectivity index is 1.55. The van der Waals surface area contributed by atoms with E-state index in [1.807, 2.05) is 13.1 Å². The monoisotopic (exact) mass is 354 g/mol. The lowest BCUT2D eigenvalue weighted by Crippen LogP contribution is -2.35. The molecule has 3 heterocycles. The van der Waals surface area contributed by atoms with Crippen molar-refractivity contribution in [1.82, 2.24) is 24.6 Å². The van der Waals surface area contributed by atoms with Crippen molar-refractivity contribution in [3.05, 3.63) is 69.1 Å². The number of aromatic nitrogens is 4. The maximum atomic E-state index is 13.1. The predicted molar refractivity (Wildman–Crippen MR) is 95.3 cm³/mol. The Morgan fingerprint density at radius 2 is 2.08 bits per heavy atom. The zero-order chi connectivity index (χ0) is 18.3. The van der Waals surface area contributed by atoms with Crippen LogP contribution in [0.25, 0.3) is 5.69 Å². The van der Waals surface area contributed by atoms with Crippen LogP contribution in [-0.4, -0.2) is 31.2 Å². The highest BCUT2D eigenvalue weighted by molar-refractivity contribution is 5.35. The first-order valence-electron chi connectivity index (χ1n) is 8.40. The fraction of sp³-hybridized carbons (Fsp3) is 0.278. The molecule has 1 aliphatic heterocycles. The molecule has 3 aromatic rings. The number of hydrogen-bond acceptors (Lipinski definition) is 5. The lowest BCUT2D eigenvalue weighted by molar-refractivity contribution is 0.241. The van der Waals surface area contributed by atoms with Crippen LogP contribution in [0.1, 0.15) is 22.5 Å². The van der Waals surface area contributed by atoms with E-state index in [0.717, 1.165) is 29.2 Å². The lowest BCUT2D eigenvalue weighted by atomic mass is 10.1. The van der Waals surface area contributed by atoms with E-state index >= 15 is 0 Å². The number of nitrogens with zero attached hydrogens (tertiary/aromatic N) is 4. The van der Waals surface area contributed by atoms with Gasteiger partial charge in [-0.05, 0) is 31.2 Å². The van der Waals surface area contributed by atoms with E-state index in [-0.39, 0.29) is 17.3 Å². The summed E-state index contributed by atoms with van der Waals surface area (Å²) in [5.41, 5.74) is 9.77. The summed E-state index contributed by atoms with van der Waals surface area (Å²) in [6.07, 6.45) is 2.51. The van der Waals surface area contributed by atoms with Crippen LogP contribution in [0.3, 0.4) is 0 Å². The normalized spacial score (nSPS) is 14.4. The van der Waals surface area contributed by atoms with Gasteiger partial charge in [0.05, 0.1) is 23.1 Å². The minimum atomic E-state index is -0.273. The Morgan fingerprint density at radius 3 is 2.85 bits per heavy atom. The van der Waals surface area contributed by atoms with Gasteiger partial charge in [-0.3, -0.25) is 14.7 Å². The van der Waals surface area contributed by atoms with Gasteiger partial charge in [-0.15, -0.1) is 0 Å². The zero-order valence-electron chi connectivity index (χ0n) is 14.4. The molecule has 0 saturated heterocycles. The number of halogens is 1. The van der Waals surface area contributed by atoms with E-state index < -0.39 is 0 Å². The van der Waals surface area contributed by atoms with Gasteiger partial charge in [0.25, 0.3) is 5.56 Å². The second-order valence-corrected chi connectivity index (χ2v) is 6.48. The summed E-state index contributed by atoms with van der Waals surface area (Å²) in [6.45, 7) is 3.98. The first-order valence-corrected chi connectivity index (χ1v) is 8.40. The summed E-state index contributed by atoms with van der Waals surface area (Å²) in [7, 11) is 0. The average molecular weight is 354 g/mol. The molecule has 0 bridgehead atoms. The fourth-order valence-electron chi connectivity index (χ4n) is 3.32. The van der Waals surface area contributed by atoms with Crippen LogP contribution < -0.4 is 11.3 Å². The van der Waals surface area contributed by atoms with E-state index in [4.69, 9.17) is 5.73 Å². The Hall–Kier alpha value is -3.00. The van der Waals surface area contributed by atoms with Gasteiger partial charge in [-0.25, -0.2) is 14.1 Å². The predicted octanol–water partition coefficient (Wildman–Crippen LogP) is 1.54. The molecule has 0 unspecified atom stereocenters. The van der Waals surface area contributed by atoms with Crippen molar-refractivity contribution in [1.29, 1.82) is 0 Å². The molecule has 1 aliphatic rings. The van der Waals surface area contributed by atoms with Gasteiger partial charge in [0.2, 0.25) is 5.95 Å². The van der Waals surface area contributed by atoms with E-state index in [1.54, 1.807) is 16.8 Å². The molecule has 0 aliphatic carbocycles. The smallest absolute Gasteiger partial charge is 0.257 e. The summed E-state index contributed by atoms with van der Waals surface area (Å²) in [5.74, 6) is -0.108. The molecule has 0 atom stereocenters. The molecule has 2 aromatic heterocycles. The van der Waals surface area contributed by atoms with Crippen molar-refractivity contribution in [2.45, 2.75) is 26.4 Å². The zero-order valence-corrected chi connectivity index (χ0v) is 14.4. The van der Waals surface area contributed by atoms with Crippen LogP contribution >= 0.6 is 0 Å². The third-order valence-corrected chi connectivity index (χ3v) is 4.74. The molecule has 7 nitrogen and oxygen atoms in total. The fourth-order valence-corrected chi connectivity index (χ4v) is 3.32. The highest BCUT2D eigenvalue weighted by Crippen LogP contribution is 2.20. The lowest BCUT2D eigenvalue weighted by Gasteiger charge is -2.27. The van der Waals surface area contributed by atoms with Gasteiger partial charge < -0.3 is 5.73 Å². The maximum Gasteiger partial charge on any atom is 0.257 e. The Bertz CT molecular complexity index is 1010. The summed E-state index contributed by atoms with van der Waals surface area (Å²) < 4.78 is 14.9. The van der Waals surface area contributed by atoms with Crippen molar-refractivity contribution in [2.75, 3.05) is 12.3 Å². The minimum absolute atomic E-state index is 0.165. The summed E-state index contributed by atoms with van der Waals surface area (Å²) in [5, 5.41) is 4.43. The summed E-state index contributed by atoms with van der Waals surface area (Å²) >= 11 is 0. The van der Waals surface area contributed by atoms with E-state index in [1.165, 1.54) is 12.1 Å². The van der Waals surface area contributed by atoms with E-state index in [2.05, 4.69) is 20.0 Å². The molecule has 4 rings (SSSR count). The molecule has 134 valence electrons. The summed E-state index contributed by atoms with van der Waals surface area (Å²) in [6, 6.07) is 6.24. The maximum absolute atomic E-state index is 13.1. The molecule has 0 radical (unpaired) electrons. The van der Waals surface area contributed by atoms with Crippen LogP contribution in [0.15, 0.2) is 35.3 Å². The van der Waals surface area contributed by atoms with Crippen molar-refractivity contribution < 1.29 is 4.39 Å². The van der Waals surface area contributed by atoms with Crippen molar-refractivity contribution in [3.63, 3.8) is 0 Å². The molecule has 0 amide bonds. The average Bonchev–Trinajstić information content (AvgIpc) is 2.97. The third-order valence-electron chi connectivity index (χ3n) is 4.74. The van der Waals surface area contributed by atoms with Crippen LogP contribution in [0, 0.1) is 12.7 Å². The van der Waals surface area contributed by atoms with Crippen molar-refractivity contribution >= 4 is 5.95 Å². The quantitative estimate of drug-likeness (QED) is 0.744. The molecule has 8 heteroatoms. The number of hydrogen-bond donors (Lipinski definition) is 2. The Labute approximate surface area is 149 Å². The minimum Gasteiger partial charge on any atom is -0.369 e. The topological polar surface area (TPSA) is 92.8 Å². The van der Waals surface area contributed by atoms with E-state index in [9.17, 15) is 9.18 Å². The SMILES string of the molecule is Cc1c(CN2CCc3nc(N)[nH]c(=O)c3C2)cnn1-c1ccc(F)cc1. The highest BCUT2D eigenvalue weighted by atomic mass is 19.1. The van der Waals surface area contributed by atoms with Crippen molar-refractivity contribution in [3.8, 4) is 5.69 Å². The number of nitrogens with two attached hydrogens (primary N) is 1. The first kappa shape index (κ1) is 16.5.